The lowest BCUT2D eigenvalue weighted by Gasteiger charge is -2.08. The number of anilines is 1. The molecule has 0 saturated carbocycles. The minimum absolute atomic E-state index is 0.130. The molecule has 4 aromatic rings. The van der Waals surface area contributed by atoms with Gasteiger partial charge in [0.05, 0.1) is 11.9 Å². The van der Waals surface area contributed by atoms with Gasteiger partial charge >= 0.3 is 0 Å². The number of hydrogen-bond acceptors (Lipinski definition) is 4. The fourth-order valence-electron chi connectivity index (χ4n) is 2.84. The van der Waals surface area contributed by atoms with E-state index >= 15 is 0 Å². The van der Waals surface area contributed by atoms with Crippen molar-refractivity contribution in [2.45, 2.75) is 6.92 Å². The summed E-state index contributed by atoms with van der Waals surface area (Å²) in [5.41, 5.74) is 5.46. The zero-order valence-electron chi connectivity index (χ0n) is 14.7. The van der Waals surface area contributed by atoms with E-state index in [9.17, 15) is 4.79 Å². The molecule has 3 heterocycles. The van der Waals surface area contributed by atoms with Gasteiger partial charge in [-0.15, -0.1) is 11.3 Å². The van der Waals surface area contributed by atoms with Crippen LogP contribution in [0.5, 0.6) is 0 Å². The molecule has 0 spiro atoms. The Morgan fingerprint density at radius 3 is 2.59 bits per heavy atom. The SMILES string of the molecule is Cc1ccccc1C(=O)Nc1cncc(-c2cc(-c3cccnc3)cs2)c1. The fraction of sp³-hybridized carbons (Fsp3) is 0.0455. The Hall–Kier alpha value is -3.31. The molecule has 0 aliphatic carbocycles. The first-order valence-corrected chi connectivity index (χ1v) is 9.40. The maximum Gasteiger partial charge on any atom is 0.255 e. The molecule has 0 bridgehead atoms. The molecular formula is C22H17N3OS. The average molecular weight is 371 g/mol. The summed E-state index contributed by atoms with van der Waals surface area (Å²) in [4.78, 5) is 22.1. The molecule has 0 radical (unpaired) electrons. The second-order valence-corrected chi connectivity index (χ2v) is 7.08. The van der Waals surface area contributed by atoms with Gasteiger partial charge in [-0.05, 0) is 47.7 Å². The number of benzene rings is 1. The summed E-state index contributed by atoms with van der Waals surface area (Å²) >= 11 is 1.64. The molecule has 0 atom stereocenters. The van der Waals surface area contributed by atoms with Crippen LogP contribution in [0, 0.1) is 6.92 Å². The van der Waals surface area contributed by atoms with E-state index in [1.54, 1.807) is 23.7 Å². The Kier molecular flexibility index (Phi) is 4.77. The highest BCUT2D eigenvalue weighted by Gasteiger charge is 2.10. The fourth-order valence-corrected chi connectivity index (χ4v) is 3.74. The van der Waals surface area contributed by atoms with Crippen molar-refractivity contribution in [3.05, 3.63) is 89.8 Å². The molecule has 3 aromatic heterocycles. The summed E-state index contributed by atoms with van der Waals surface area (Å²) in [5, 5.41) is 5.04. The lowest BCUT2D eigenvalue weighted by Crippen LogP contribution is -2.13. The highest BCUT2D eigenvalue weighted by molar-refractivity contribution is 7.14. The quantitative estimate of drug-likeness (QED) is 0.520. The Morgan fingerprint density at radius 2 is 1.78 bits per heavy atom. The van der Waals surface area contributed by atoms with Gasteiger partial charge in [0, 0.05) is 40.2 Å². The molecule has 4 rings (SSSR count). The van der Waals surface area contributed by atoms with Crippen molar-refractivity contribution >= 4 is 22.9 Å². The normalized spacial score (nSPS) is 10.6. The average Bonchev–Trinajstić information content (AvgIpc) is 3.19. The molecule has 1 aromatic carbocycles. The van der Waals surface area contributed by atoms with Gasteiger partial charge in [0.2, 0.25) is 0 Å². The molecule has 0 aliphatic heterocycles. The molecule has 0 unspecified atom stereocenters. The van der Waals surface area contributed by atoms with E-state index in [4.69, 9.17) is 0 Å². The molecule has 1 amide bonds. The molecule has 0 aliphatic rings. The summed E-state index contributed by atoms with van der Waals surface area (Å²) < 4.78 is 0. The highest BCUT2D eigenvalue weighted by atomic mass is 32.1. The second-order valence-electron chi connectivity index (χ2n) is 6.17. The van der Waals surface area contributed by atoms with E-state index in [1.165, 1.54) is 0 Å². The first-order chi connectivity index (χ1) is 13.2. The molecule has 27 heavy (non-hydrogen) atoms. The maximum absolute atomic E-state index is 12.5. The standard InChI is InChI=1S/C22H17N3OS/c1-15-5-2-3-7-20(15)22(26)25-19-9-17(12-24-13-19)21-10-18(14-27-21)16-6-4-8-23-11-16/h2-14H,1H3,(H,25,26). The maximum atomic E-state index is 12.5. The summed E-state index contributed by atoms with van der Waals surface area (Å²) in [5.74, 6) is -0.130. The summed E-state index contributed by atoms with van der Waals surface area (Å²) in [6, 6.07) is 15.6. The predicted molar refractivity (Wildman–Crippen MR) is 110 cm³/mol. The smallest absolute Gasteiger partial charge is 0.255 e. The Morgan fingerprint density at radius 1 is 0.926 bits per heavy atom. The first kappa shape index (κ1) is 17.1. The number of pyridine rings is 2. The minimum atomic E-state index is -0.130. The largest absolute Gasteiger partial charge is 0.321 e. The molecule has 132 valence electrons. The van der Waals surface area contributed by atoms with E-state index in [0.29, 0.717) is 11.3 Å². The third kappa shape index (κ3) is 3.78. The van der Waals surface area contributed by atoms with Crippen LogP contribution in [0.15, 0.2) is 78.7 Å². The highest BCUT2D eigenvalue weighted by Crippen LogP contribution is 2.33. The van der Waals surface area contributed by atoms with Crippen molar-refractivity contribution in [2.24, 2.45) is 0 Å². The lowest BCUT2D eigenvalue weighted by molar-refractivity contribution is 0.102. The number of rotatable bonds is 4. The van der Waals surface area contributed by atoms with Crippen molar-refractivity contribution in [1.29, 1.82) is 0 Å². The Bertz CT molecular complexity index is 1090. The third-order valence-corrected chi connectivity index (χ3v) is 5.24. The zero-order chi connectivity index (χ0) is 18.6. The molecule has 0 saturated heterocycles. The van der Waals surface area contributed by atoms with Gasteiger partial charge in [-0.25, -0.2) is 0 Å². The van der Waals surface area contributed by atoms with Crippen LogP contribution in [0.2, 0.25) is 0 Å². The van der Waals surface area contributed by atoms with Crippen LogP contribution in [-0.2, 0) is 0 Å². The van der Waals surface area contributed by atoms with Crippen LogP contribution < -0.4 is 5.32 Å². The molecule has 4 nitrogen and oxygen atoms in total. The van der Waals surface area contributed by atoms with Crippen molar-refractivity contribution in [2.75, 3.05) is 5.32 Å². The second kappa shape index (κ2) is 7.51. The van der Waals surface area contributed by atoms with Crippen LogP contribution in [0.4, 0.5) is 5.69 Å². The molecule has 5 heteroatoms. The summed E-state index contributed by atoms with van der Waals surface area (Å²) in [6.45, 7) is 1.93. The number of carbonyl (C=O) groups excluding carboxylic acids is 1. The molecular weight excluding hydrogens is 354 g/mol. The van der Waals surface area contributed by atoms with E-state index < -0.39 is 0 Å². The topological polar surface area (TPSA) is 54.9 Å². The lowest BCUT2D eigenvalue weighted by atomic mass is 10.1. The van der Waals surface area contributed by atoms with Gasteiger partial charge in [0.15, 0.2) is 0 Å². The van der Waals surface area contributed by atoms with Crippen molar-refractivity contribution < 1.29 is 4.79 Å². The molecule has 1 N–H and O–H groups in total. The van der Waals surface area contributed by atoms with Gasteiger partial charge < -0.3 is 5.32 Å². The van der Waals surface area contributed by atoms with E-state index in [1.807, 2.05) is 61.8 Å². The van der Waals surface area contributed by atoms with Gasteiger partial charge in [-0.3, -0.25) is 14.8 Å². The van der Waals surface area contributed by atoms with Crippen LogP contribution in [0.1, 0.15) is 15.9 Å². The van der Waals surface area contributed by atoms with Crippen LogP contribution in [-0.4, -0.2) is 15.9 Å². The number of amides is 1. The van der Waals surface area contributed by atoms with Gasteiger partial charge in [0.25, 0.3) is 5.91 Å². The minimum Gasteiger partial charge on any atom is -0.321 e. The van der Waals surface area contributed by atoms with Crippen LogP contribution >= 0.6 is 11.3 Å². The van der Waals surface area contributed by atoms with Crippen molar-refractivity contribution in [3.63, 3.8) is 0 Å². The Labute approximate surface area is 161 Å². The number of aromatic nitrogens is 2. The Balaban J connectivity index is 1.57. The number of carbonyl (C=O) groups is 1. The van der Waals surface area contributed by atoms with Crippen LogP contribution in [0.25, 0.3) is 21.6 Å². The first-order valence-electron chi connectivity index (χ1n) is 8.52. The van der Waals surface area contributed by atoms with E-state index in [-0.39, 0.29) is 5.91 Å². The van der Waals surface area contributed by atoms with Crippen molar-refractivity contribution in [1.82, 2.24) is 9.97 Å². The predicted octanol–water partition coefficient (Wildman–Crippen LogP) is 5.43. The number of nitrogens with zero attached hydrogens (tertiary/aromatic N) is 2. The number of aryl methyl sites for hydroxylation is 1. The number of nitrogens with one attached hydrogen (secondary N) is 1. The number of thiophene rings is 1. The van der Waals surface area contributed by atoms with E-state index in [0.717, 1.165) is 27.1 Å². The third-order valence-electron chi connectivity index (χ3n) is 4.26. The summed E-state index contributed by atoms with van der Waals surface area (Å²) in [7, 11) is 0. The van der Waals surface area contributed by atoms with Gasteiger partial charge in [-0.1, -0.05) is 24.3 Å². The zero-order valence-corrected chi connectivity index (χ0v) is 15.5. The monoisotopic (exact) mass is 371 g/mol. The number of hydrogen-bond donors (Lipinski definition) is 1. The van der Waals surface area contributed by atoms with E-state index in [2.05, 4.69) is 26.7 Å². The molecule has 0 fully saturated rings. The van der Waals surface area contributed by atoms with Crippen molar-refractivity contribution in [3.8, 4) is 21.6 Å². The van der Waals surface area contributed by atoms with Crippen LogP contribution in [0.3, 0.4) is 0 Å². The summed E-state index contributed by atoms with van der Waals surface area (Å²) in [6.07, 6.45) is 7.09. The van der Waals surface area contributed by atoms with Gasteiger partial charge in [-0.2, -0.15) is 0 Å². The van der Waals surface area contributed by atoms with Gasteiger partial charge in [0.1, 0.15) is 0 Å².